The zero-order valence-corrected chi connectivity index (χ0v) is 12.3. The summed E-state index contributed by atoms with van der Waals surface area (Å²) in [5, 5.41) is 3.79. The van der Waals surface area contributed by atoms with Gasteiger partial charge in [-0.3, -0.25) is 4.79 Å². The zero-order chi connectivity index (χ0) is 15.4. The van der Waals surface area contributed by atoms with E-state index in [1.807, 2.05) is 6.92 Å². The van der Waals surface area contributed by atoms with Crippen LogP contribution in [0.25, 0.3) is 0 Å². The average molecular weight is 307 g/mol. The third-order valence-corrected chi connectivity index (χ3v) is 3.66. The molecule has 0 heterocycles. The molecule has 3 N–H and O–H groups in total. The van der Waals surface area contributed by atoms with Crippen molar-refractivity contribution in [3.8, 4) is 0 Å². The summed E-state index contributed by atoms with van der Waals surface area (Å²) < 4.78 is 12.9. The average Bonchev–Trinajstić information content (AvgIpc) is 2.46. The van der Waals surface area contributed by atoms with Gasteiger partial charge in [-0.05, 0) is 42.3 Å². The highest BCUT2D eigenvalue weighted by Gasteiger charge is 2.08. The van der Waals surface area contributed by atoms with Crippen molar-refractivity contribution in [1.29, 1.82) is 0 Å². The van der Waals surface area contributed by atoms with Crippen LogP contribution in [0, 0.1) is 5.82 Å². The fourth-order valence-electron chi connectivity index (χ4n) is 1.98. The largest absolute Gasteiger partial charge is 0.366 e. The van der Waals surface area contributed by atoms with Gasteiger partial charge in [0.15, 0.2) is 0 Å². The van der Waals surface area contributed by atoms with Crippen molar-refractivity contribution in [2.45, 2.75) is 19.5 Å². The number of nitrogens with two attached hydrogens (primary N) is 1. The molecule has 1 atom stereocenters. The molecule has 3 nitrogen and oxygen atoms in total. The number of hydrogen-bond donors (Lipinski definition) is 2. The Morgan fingerprint density at radius 2 is 1.95 bits per heavy atom. The van der Waals surface area contributed by atoms with E-state index in [1.165, 1.54) is 12.1 Å². The molecule has 0 radical (unpaired) electrons. The molecule has 0 fully saturated rings. The van der Waals surface area contributed by atoms with Gasteiger partial charge in [-0.25, -0.2) is 4.39 Å². The lowest BCUT2D eigenvalue weighted by Crippen LogP contribution is -2.18. The van der Waals surface area contributed by atoms with Crippen molar-refractivity contribution in [2.75, 3.05) is 0 Å². The Hall–Kier alpha value is -1.91. The van der Waals surface area contributed by atoms with Crippen molar-refractivity contribution >= 4 is 17.5 Å². The molecule has 5 heteroatoms. The first kappa shape index (κ1) is 15.5. The van der Waals surface area contributed by atoms with E-state index >= 15 is 0 Å². The van der Waals surface area contributed by atoms with Gasteiger partial charge in [0.1, 0.15) is 5.82 Å². The molecular weight excluding hydrogens is 291 g/mol. The number of rotatable bonds is 5. The van der Waals surface area contributed by atoms with E-state index in [2.05, 4.69) is 5.32 Å². The maximum Gasteiger partial charge on any atom is 0.248 e. The monoisotopic (exact) mass is 306 g/mol. The number of carbonyl (C=O) groups is 1. The summed E-state index contributed by atoms with van der Waals surface area (Å²) in [6.45, 7) is 2.52. The summed E-state index contributed by atoms with van der Waals surface area (Å²) in [7, 11) is 0. The highest BCUT2D eigenvalue weighted by atomic mass is 35.5. The molecule has 1 unspecified atom stereocenters. The number of amides is 1. The van der Waals surface area contributed by atoms with Gasteiger partial charge in [-0.2, -0.15) is 0 Å². The van der Waals surface area contributed by atoms with Crippen molar-refractivity contribution in [3.05, 3.63) is 70.0 Å². The minimum Gasteiger partial charge on any atom is -0.366 e. The Morgan fingerprint density at radius 3 is 2.52 bits per heavy atom. The van der Waals surface area contributed by atoms with E-state index in [0.717, 1.165) is 11.1 Å². The summed E-state index contributed by atoms with van der Waals surface area (Å²) in [5.74, 6) is -0.757. The second kappa shape index (κ2) is 6.70. The second-order valence-corrected chi connectivity index (χ2v) is 5.23. The fourth-order valence-corrected chi connectivity index (χ4v) is 2.22. The molecule has 0 saturated carbocycles. The summed E-state index contributed by atoms with van der Waals surface area (Å²) in [5.41, 5.74) is 7.44. The molecule has 0 aromatic heterocycles. The first-order chi connectivity index (χ1) is 9.97. The summed E-state index contributed by atoms with van der Waals surface area (Å²) in [6.07, 6.45) is 0. The number of halogens is 2. The van der Waals surface area contributed by atoms with Crippen LogP contribution in [0.5, 0.6) is 0 Å². The zero-order valence-electron chi connectivity index (χ0n) is 11.6. The maximum absolute atomic E-state index is 12.9. The van der Waals surface area contributed by atoms with Crippen LogP contribution in [-0.2, 0) is 6.54 Å². The predicted molar refractivity (Wildman–Crippen MR) is 81.6 cm³/mol. The van der Waals surface area contributed by atoms with Crippen molar-refractivity contribution < 1.29 is 9.18 Å². The molecule has 2 aromatic carbocycles. The third kappa shape index (κ3) is 4.03. The van der Waals surface area contributed by atoms with Crippen LogP contribution >= 0.6 is 11.6 Å². The molecule has 0 aliphatic heterocycles. The Labute approximate surface area is 127 Å². The molecule has 110 valence electrons. The number of benzene rings is 2. The SMILES string of the molecule is CC(NCc1ccc(C(N)=O)cc1Cl)c1ccc(F)cc1. The first-order valence-corrected chi connectivity index (χ1v) is 6.92. The standard InChI is InChI=1S/C16H16ClFN2O/c1-10(11-4-6-14(18)7-5-11)20-9-13-3-2-12(16(19)21)8-15(13)17/h2-8,10,20H,9H2,1H3,(H2,19,21). The van der Waals surface area contributed by atoms with Crippen molar-refractivity contribution in [2.24, 2.45) is 5.73 Å². The van der Waals surface area contributed by atoms with Gasteiger partial charge < -0.3 is 11.1 Å². The molecule has 1 amide bonds. The molecule has 0 spiro atoms. The summed E-state index contributed by atoms with van der Waals surface area (Å²) in [4.78, 5) is 11.1. The number of primary amides is 1. The van der Waals surface area contributed by atoms with Gasteiger partial charge in [0.05, 0.1) is 0 Å². The lowest BCUT2D eigenvalue weighted by atomic mass is 10.1. The van der Waals surface area contributed by atoms with E-state index in [-0.39, 0.29) is 11.9 Å². The Morgan fingerprint density at radius 1 is 1.29 bits per heavy atom. The van der Waals surface area contributed by atoms with E-state index in [4.69, 9.17) is 17.3 Å². The lowest BCUT2D eigenvalue weighted by Gasteiger charge is -2.15. The quantitative estimate of drug-likeness (QED) is 0.889. The van der Waals surface area contributed by atoms with Crippen LogP contribution < -0.4 is 11.1 Å². The van der Waals surface area contributed by atoms with Crippen LogP contribution in [0.2, 0.25) is 5.02 Å². The van der Waals surface area contributed by atoms with Crippen LogP contribution in [0.15, 0.2) is 42.5 Å². The normalized spacial score (nSPS) is 12.1. The number of nitrogens with one attached hydrogen (secondary N) is 1. The lowest BCUT2D eigenvalue weighted by molar-refractivity contribution is 0.100. The predicted octanol–water partition coefficient (Wildman–Crippen LogP) is 3.43. The van der Waals surface area contributed by atoms with Crippen LogP contribution in [0.1, 0.15) is 34.5 Å². The van der Waals surface area contributed by atoms with Gasteiger partial charge in [0.25, 0.3) is 0 Å². The first-order valence-electron chi connectivity index (χ1n) is 6.54. The van der Waals surface area contributed by atoms with Crippen molar-refractivity contribution in [3.63, 3.8) is 0 Å². The fraction of sp³-hybridized carbons (Fsp3) is 0.188. The highest BCUT2D eigenvalue weighted by Crippen LogP contribution is 2.19. The third-order valence-electron chi connectivity index (χ3n) is 3.31. The molecule has 2 rings (SSSR count). The van der Waals surface area contributed by atoms with Gasteiger partial charge >= 0.3 is 0 Å². The molecule has 0 bridgehead atoms. The maximum atomic E-state index is 12.9. The van der Waals surface area contributed by atoms with E-state index < -0.39 is 5.91 Å². The number of hydrogen-bond acceptors (Lipinski definition) is 2. The Kier molecular flexibility index (Phi) is 4.94. The van der Waals surface area contributed by atoms with Gasteiger partial charge in [0, 0.05) is 23.2 Å². The highest BCUT2D eigenvalue weighted by molar-refractivity contribution is 6.31. The molecule has 0 aliphatic rings. The summed E-state index contributed by atoms with van der Waals surface area (Å²) in [6, 6.07) is 11.4. The minimum atomic E-state index is -0.504. The van der Waals surface area contributed by atoms with Gasteiger partial charge in [0.2, 0.25) is 5.91 Å². The summed E-state index contributed by atoms with van der Waals surface area (Å²) >= 11 is 6.13. The molecule has 21 heavy (non-hydrogen) atoms. The molecule has 0 saturated heterocycles. The number of carbonyl (C=O) groups excluding carboxylic acids is 1. The van der Waals surface area contributed by atoms with E-state index in [0.29, 0.717) is 17.1 Å². The Bertz CT molecular complexity index is 643. The van der Waals surface area contributed by atoms with E-state index in [1.54, 1.807) is 30.3 Å². The molecule has 2 aromatic rings. The van der Waals surface area contributed by atoms with Crippen molar-refractivity contribution in [1.82, 2.24) is 5.32 Å². The molecular formula is C16H16ClFN2O. The minimum absolute atomic E-state index is 0.0532. The van der Waals surface area contributed by atoms with Crippen LogP contribution in [-0.4, -0.2) is 5.91 Å². The van der Waals surface area contributed by atoms with E-state index in [9.17, 15) is 9.18 Å². The second-order valence-electron chi connectivity index (χ2n) is 4.82. The smallest absolute Gasteiger partial charge is 0.248 e. The van der Waals surface area contributed by atoms with Crippen LogP contribution in [0.4, 0.5) is 4.39 Å². The molecule has 0 aliphatic carbocycles. The van der Waals surface area contributed by atoms with Crippen LogP contribution in [0.3, 0.4) is 0 Å². The van der Waals surface area contributed by atoms with Gasteiger partial charge in [-0.1, -0.05) is 29.8 Å². The van der Waals surface area contributed by atoms with Gasteiger partial charge in [-0.15, -0.1) is 0 Å². The topological polar surface area (TPSA) is 55.1 Å². The Balaban J connectivity index is 2.02.